The second kappa shape index (κ2) is 9.87. The van der Waals surface area contributed by atoms with Crippen molar-refractivity contribution in [3.05, 3.63) is 71.3 Å². The van der Waals surface area contributed by atoms with Gasteiger partial charge >= 0.3 is 5.97 Å². The molecular formula is C19H20O6. The van der Waals surface area contributed by atoms with Crippen LogP contribution in [0.1, 0.15) is 6.92 Å². The highest BCUT2D eigenvalue weighted by molar-refractivity contribution is 6.24. The first-order valence-corrected chi connectivity index (χ1v) is 7.36. The largest absolute Gasteiger partial charge is 0.489 e. The lowest BCUT2D eigenvalue weighted by molar-refractivity contribution is -0.134. The smallest absolute Gasteiger partial charge is 0.330 e. The number of hydrogen-bond donors (Lipinski definition) is 0. The Morgan fingerprint density at radius 1 is 0.800 bits per heavy atom. The van der Waals surface area contributed by atoms with Crippen LogP contribution in [-0.4, -0.2) is 38.9 Å². The Bertz CT molecular complexity index is 729. The quantitative estimate of drug-likeness (QED) is 0.305. The van der Waals surface area contributed by atoms with Crippen LogP contribution in [0, 0.1) is 0 Å². The van der Waals surface area contributed by atoms with E-state index in [9.17, 15) is 14.4 Å². The number of ketones is 2. The molecule has 0 saturated carbocycles. The zero-order chi connectivity index (χ0) is 18.8. The number of carbonyl (C=O) groups is 3. The van der Waals surface area contributed by atoms with Crippen LogP contribution in [0.25, 0.3) is 0 Å². The average molecular weight is 344 g/mol. The Labute approximate surface area is 146 Å². The third kappa shape index (κ3) is 5.17. The second-order valence-electron chi connectivity index (χ2n) is 4.77. The van der Waals surface area contributed by atoms with E-state index in [4.69, 9.17) is 9.47 Å². The van der Waals surface area contributed by atoms with Crippen molar-refractivity contribution >= 4 is 17.5 Å². The molecule has 0 aromatic heterocycles. The van der Waals surface area contributed by atoms with Crippen LogP contribution in [0.15, 0.2) is 71.3 Å². The number of Topliss-reactive ketones (excluding diaryl/α,β-unsaturated/α-hetero) is 2. The van der Waals surface area contributed by atoms with Crippen molar-refractivity contribution in [1.82, 2.24) is 0 Å². The van der Waals surface area contributed by atoms with Crippen LogP contribution < -0.4 is 0 Å². The van der Waals surface area contributed by atoms with Gasteiger partial charge < -0.3 is 14.2 Å². The molecule has 0 bridgehead atoms. The minimum Gasteiger partial charge on any atom is -0.489 e. The number of hydrogen-bond acceptors (Lipinski definition) is 6. The first kappa shape index (κ1) is 19.9. The first-order valence-electron chi connectivity index (χ1n) is 7.36. The maximum absolute atomic E-state index is 12.4. The molecule has 0 unspecified atom stereocenters. The van der Waals surface area contributed by atoms with Gasteiger partial charge in [0, 0.05) is 17.2 Å². The predicted octanol–water partition coefficient (Wildman–Crippen LogP) is 2.36. The molecule has 0 amide bonds. The van der Waals surface area contributed by atoms with Crippen LogP contribution in [0.4, 0.5) is 0 Å². The molecule has 0 radical (unpaired) electrons. The molecule has 132 valence electrons. The van der Waals surface area contributed by atoms with Crippen molar-refractivity contribution in [1.29, 1.82) is 0 Å². The minimum atomic E-state index is -0.436. The standard InChI is InChI=1S/C19H20O6/c1-13-14(17(22)19(25-4)18(24-3)16(13)21)11-9-7-5-6-8-10-12-15(20)23-2/h5-12H,1-4H3. The molecule has 6 nitrogen and oxygen atoms in total. The minimum absolute atomic E-state index is 0.0852. The van der Waals surface area contributed by atoms with Gasteiger partial charge in [0.1, 0.15) is 0 Å². The summed E-state index contributed by atoms with van der Waals surface area (Å²) in [5, 5.41) is 0. The maximum Gasteiger partial charge on any atom is 0.330 e. The predicted molar refractivity (Wildman–Crippen MR) is 92.3 cm³/mol. The summed E-state index contributed by atoms with van der Waals surface area (Å²) >= 11 is 0. The molecule has 0 fully saturated rings. The van der Waals surface area contributed by atoms with E-state index in [1.165, 1.54) is 39.6 Å². The molecule has 6 heteroatoms. The maximum atomic E-state index is 12.4. The van der Waals surface area contributed by atoms with Gasteiger partial charge in [-0.2, -0.15) is 0 Å². The highest BCUT2D eigenvalue weighted by Crippen LogP contribution is 2.26. The van der Waals surface area contributed by atoms with Crippen molar-refractivity contribution in [3.8, 4) is 0 Å². The van der Waals surface area contributed by atoms with E-state index >= 15 is 0 Å². The van der Waals surface area contributed by atoms with E-state index in [-0.39, 0.29) is 22.9 Å². The van der Waals surface area contributed by atoms with Crippen molar-refractivity contribution in [3.63, 3.8) is 0 Å². The van der Waals surface area contributed by atoms with E-state index in [1.807, 2.05) is 0 Å². The lowest BCUT2D eigenvalue weighted by Gasteiger charge is -2.18. The van der Waals surface area contributed by atoms with Gasteiger partial charge in [0.15, 0.2) is 0 Å². The van der Waals surface area contributed by atoms with Gasteiger partial charge in [-0.1, -0.05) is 42.5 Å². The summed E-state index contributed by atoms with van der Waals surface area (Å²) in [4.78, 5) is 35.4. The Balaban J connectivity index is 2.82. The van der Waals surface area contributed by atoms with Gasteiger partial charge in [0.2, 0.25) is 23.1 Å². The fraction of sp³-hybridized carbons (Fsp3) is 0.211. The first-order chi connectivity index (χ1) is 12.0. The van der Waals surface area contributed by atoms with Crippen molar-refractivity contribution in [2.45, 2.75) is 6.92 Å². The topological polar surface area (TPSA) is 78.9 Å². The van der Waals surface area contributed by atoms with Crippen LogP contribution in [0.2, 0.25) is 0 Å². The van der Waals surface area contributed by atoms with E-state index in [0.717, 1.165) is 0 Å². The molecule has 0 aromatic rings. The highest BCUT2D eigenvalue weighted by Gasteiger charge is 2.33. The summed E-state index contributed by atoms with van der Waals surface area (Å²) in [5.41, 5.74) is 0.547. The molecule has 0 saturated heterocycles. The Morgan fingerprint density at radius 2 is 1.32 bits per heavy atom. The second-order valence-corrected chi connectivity index (χ2v) is 4.77. The summed E-state index contributed by atoms with van der Waals surface area (Å²) < 4.78 is 14.4. The Kier molecular flexibility index (Phi) is 7.86. The normalized spacial score (nSPS) is 16.2. The molecule has 0 spiro atoms. The molecular weight excluding hydrogens is 324 g/mol. The summed E-state index contributed by atoms with van der Waals surface area (Å²) in [6.45, 7) is 1.56. The molecule has 0 N–H and O–H groups in total. The van der Waals surface area contributed by atoms with Gasteiger partial charge in [-0.05, 0) is 6.92 Å². The molecule has 0 aliphatic heterocycles. The molecule has 1 rings (SSSR count). The number of methoxy groups -OCH3 is 3. The van der Waals surface area contributed by atoms with E-state index in [2.05, 4.69) is 4.74 Å². The van der Waals surface area contributed by atoms with Crippen LogP contribution in [-0.2, 0) is 28.6 Å². The fourth-order valence-corrected chi connectivity index (χ4v) is 1.97. The third-order valence-electron chi connectivity index (χ3n) is 3.27. The Morgan fingerprint density at radius 3 is 1.88 bits per heavy atom. The lowest BCUT2D eigenvalue weighted by Crippen LogP contribution is -2.24. The number of esters is 1. The number of carbonyl (C=O) groups excluding carboxylic acids is 3. The molecule has 1 aliphatic carbocycles. The van der Waals surface area contributed by atoms with Crippen LogP contribution >= 0.6 is 0 Å². The van der Waals surface area contributed by atoms with Crippen LogP contribution in [0.3, 0.4) is 0 Å². The van der Waals surface area contributed by atoms with E-state index in [1.54, 1.807) is 37.3 Å². The monoisotopic (exact) mass is 344 g/mol. The van der Waals surface area contributed by atoms with E-state index < -0.39 is 11.8 Å². The number of ether oxygens (including phenoxy) is 3. The summed E-state index contributed by atoms with van der Waals surface area (Å²) in [7, 11) is 3.93. The molecule has 0 aromatic carbocycles. The number of allylic oxidation sites excluding steroid dienone is 9. The SMILES string of the molecule is COC(=O)C=CC=CC=CC=CC1=C(C)C(=O)C(OC)=C(OC)C1=O. The van der Waals surface area contributed by atoms with Crippen LogP contribution in [0.5, 0.6) is 0 Å². The molecule has 25 heavy (non-hydrogen) atoms. The van der Waals surface area contributed by atoms with Gasteiger partial charge in [-0.15, -0.1) is 0 Å². The van der Waals surface area contributed by atoms with Gasteiger partial charge in [-0.25, -0.2) is 4.79 Å². The molecule has 0 heterocycles. The summed E-state index contributed by atoms with van der Waals surface area (Å²) in [6.07, 6.45) is 12.7. The van der Waals surface area contributed by atoms with Gasteiger partial charge in [0.25, 0.3) is 0 Å². The fourth-order valence-electron chi connectivity index (χ4n) is 1.97. The van der Waals surface area contributed by atoms with Crippen molar-refractivity contribution in [2.24, 2.45) is 0 Å². The zero-order valence-corrected chi connectivity index (χ0v) is 14.6. The van der Waals surface area contributed by atoms with Gasteiger partial charge in [-0.3, -0.25) is 9.59 Å². The third-order valence-corrected chi connectivity index (χ3v) is 3.27. The average Bonchev–Trinajstić information content (AvgIpc) is 2.62. The Hall–Kier alpha value is -3.15. The van der Waals surface area contributed by atoms with E-state index in [0.29, 0.717) is 5.57 Å². The zero-order valence-electron chi connectivity index (χ0n) is 14.6. The van der Waals surface area contributed by atoms with Crippen molar-refractivity contribution < 1.29 is 28.6 Å². The number of rotatable bonds is 7. The van der Waals surface area contributed by atoms with Gasteiger partial charge in [0.05, 0.1) is 21.3 Å². The lowest BCUT2D eigenvalue weighted by atomic mass is 9.93. The highest BCUT2D eigenvalue weighted by atomic mass is 16.5. The molecule has 0 atom stereocenters. The summed E-state index contributed by atoms with van der Waals surface area (Å²) in [6, 6.07) is 0. The van der Waals surface area contributed by atoms with Crippen molar-refractivity contribution in [2.75, 3.05) is 21.3 Å². The summed E-state index contributed by atoms with van der Waals surface area (Å²) in [5.74, 6) is -1.41. The molecule has 1 aliphatic rings.